The highest BCUT2D eigenvalue weighted by Gasteiger charge is 2.31. The van der Waals surface area contributed by atoms with Crippen LogP contribution in [-0.2, 0) is 0 Å². The minimum atomic E-state index is -4.80. The van der Waals surface area contributed by atoms with Crippen molar-refractivity contribution in [3.05, 3.63) is 22.8 Å². The van der Waals surface area contributed by atoms with Gasteiger partial charge in [0.2, 0.25) is 5.88 Å². The molecule has 0 saturated carbocycles. The molecule has 0 saturated heterocycles. The normalized spacial score (nSPS) is 11.2. The number of anilines is 1. The maximum absolute atomic E-state index is 12.3. The number of alkyl halides is 3. The van der Waals surface area contributed by atoms with Crippen LogP contribution in [0.15, 0.2) is 22.8 Å². The zero-order valence-corrected chi connectivity index (χ0v) is 13.5. The Labute approximate surface area is 137 Å². The Hall–Kier alpha value is -2.23. The van der Waals surface area contributed by atoms with Crippen LogP contribution < -0.4 is 19.9 Å². The van der Waals surface area contributed by atoms with Crippen molar-refractivity contribution >= 4 is 21.7 Å². The lowest BCUT2D eigenvalue weighted by Crippen LogP contribution is -2.17. The molecule has 0 fully saturated rings. The van der Waals surface area contributed by atoms with Gasteiger partial charge in [-0.2, -0.15) is 4.98 Å². The van der Waals surface area contributed by atoms with Crippen LogP contribution in [0.25, 0.3) is 11.3 Å². The molecule has 0 radical (unpaired) electrons. The van der Waals surface area contributed by atoms with Crippen LogP contribution in [0.5, 0.6) is 17.4 Å². The number of rotatable bonds is 4. The highest BCUT2D eigenvalue weighted by Crippen LogP contribution is 2.38. The molecular weight excluding hydrogens is 383 g/mol. The number of halogens is 4. The average molecular weight is 394 g/mol. The summed E-state index contributed by atoms with van der Waals surface area (Å²) in [4.78, 5) is 8.19. The third kappa shape index (κ3) is 3.95. The summed E-state index contributed by atoms with van der Waals surface area (Å²) in [5.41, 5.74) is 6.25. The molecular formula is C13H11BrF3N3O3. The first-order valence-electron chi connectivity index (χ1n) is 6.06. The second-order valence-electron chi connectivity index (χ2n) is 4.17. The molecule has 0 aliphatic carbocycles. The molecule has 6 nitrogen and oxygen atoms in total. The SMILES string of the molecule is COc1cc(OC(F)(F)F)ccc1-c1nc(Br)c(N)nc1OC. The van der Waals surface area contributed by atoms with E-state index in [4.69, 9.17) is 15.2 Å². The number of methoxy groups -OCH3 is 2. The lowest BCUT2D eigenvalue weighted by atomic mass is 10.1. The van der Waals surface area contributed by atoms with E-state index in [1.807, 2.05) is 0 Å². The van der Waals surface area contributed by atoms with Gasteiger partial charge in [-0.1, -0.05) is 0 Å². The Morgan fingerprint density at radius 3 is 2.39 bits per heavy atom. The molecule has 0 aliphatic rings. The molecule has 0 spiro atoms. The number of nitrogens with zero attached hydrogens (tertiary/aromatic N) is 2. The van der Waals surface area contributed by atoms with Crippen LogP contribution in [-0.4, -0.2) is 30.5 Å². The Kier molecular flexibility index (Phi) is 4.83. The van der Waals surface area contributed by atoms with Crippen molar-refractivity contribution in [2.24, 2.45) is 0 Å². The van der Waals surface area contributed by atoms with E-state index in [0.29, 0.717) is 5.56 Å². The van der Waals surface area contributed by atoms with Crippen LogP contribution in [0.1, 0.15) is 0 Å². The first-order valence-corrected chi connectivity index (χ1v) is 6.85. The number of nitrogens with two attached hydrogens (primary N) is 1. The van der Waals surface area contributed by atoms with E-state index >= 15 is 0 Å². The highest BCUT2D eigenvalue weighted by atomic mass is 79.9. The number of benzene rings is 1. The van der Waals surface area contributed by atoms with Gasteiger partial charge in [-0.25, -0.2) is 4.98 Å². The molecule has 0 bridgehead atoms. The van der Waals surface area contributed by atoms with Crippen molar-refractivity contribution in [2.75, 3.05) is 20.0 Å². The third-order valence-electron chi connectivity index (χ3n) is 2.70. The largest absolute Gasteiger partial charge is 0.573 e. The predicted octanol–water partition coefficient (Wildman–Crippen LogP) is 3.40. The van der Waals surface area contributed by atoms with E-state index in [0.717, 1.165) is 12.1 Å². The van der Waals surface area contributed by atoms with Gasteiger partial charge in [-0.05, 0) is 28.1 Å². The number of hydrogen-bond acceptors (Lipinski definition) is 6. The van der Waals surface area contributed by atoms with Gasteiger partial charge < -0.3 is 19.9 Å². The van der Waals surface area contributed by atoms with Gasteiger partial charge in [0.05, 0.1) is 14.2 Å². The number of hydrogen-bond donors (Lipinski definition) is 1. The molecule has 2 aromatic rings. The molecule has 1 aromatic heterocycles. The number of ether oxygens (including phenoxy) is 3. The maximum atomic E-state index is 12.3. The average Bonchev–Trinajstić information content (AvgIpc) is 2.48. The summed E-state index contributed by atoms with van der Waals surface area (Å²) in [6.45, 7) is 0. The van der Waals surface area contributed by atoms with Gasteiger partial charge in [-0.15, -0.1) is 13.2 Å². The molecule has 1 aromatic carbocycles. The Balaban J connectivity index is 2.54. The van der Waals surface area contributed by atoms with Gasteiger partial charge in [0, 0.05) is 11.6 Å². The molecule has 0 unspecified atom stereocenters. The van der Waals surface area contributed by atoms with Gasteiger partial charge in [0.25, 0.3) is 0 Å². The summed E-state index contributed by atoms with van der Waals surface area (Å²) in [6.07, 6.45) is -4.80. The van der Waals surface area contributed by atoms with E-state index in [9.17, 15) is 13.2 Å². The number of aromatic nitrogens is 2. The Bertz CT molecular complexity index is 726. The first kappa shape index (κ1) is 17.1. The molecule has 0 atom stereocenters. The molecule has 2 N–H and O–H groups in total. The first-order chi connectivity index (χ1) is 10.7. The van der Waals surface area contributed by atoms with Crippen molar-refractivity contribution in [3.63, 3.8) is 0 Å². The molecule has 2 rings (SSSR count). The van der Waals surface area contributed by atoms with Crippen LogP contribution in [0, 0.1) is 0 Å². The standard InChI is InChI=1S/C13H11BrF3N3O3/c1-21-8-5-6(23-13(15,16)17)3-4-7(8)9-12(22-2)20-11(18)10(14)19-9/h3-5H,1-2H3,(H2,18,20). The van der Waals surface area contributed by atoms with E-state index in [2.05, 4.69) is 30.6 Å². The minimum Gasteiger partial charge on any atom is -0.496 e. The molecule has 23 heavy (non-hydrogen) atoms. The van der Waals surface area contributed by atoms with Crippen LogP contribution in [0.3, 0.4) is 0 Å². The molecule has 10 heteroatoms. The second-order valence-corrected chi connectivity index (χ2v) is 4.92. The van der Waals surface area contributed by atoms with Crippen LogP contribution >= 0.6 is 15.9 Å². The second kappa shape index (κ2) is 6.49. The van der Waals surface area contributed by atoms with Crippen LogP contribution in [0.2, 0.25) is 0 Å². The molecule has 1 heterocycles. The van der Waals surface area contributed by atoms with E-state index < -0.39 is 12.1 Å². The van der Waals surface area contributed by atoms with E-state index in [1.54, 1.807) is 0 Å². The van der Waals surface area contributed by atoms with Crippen molar-refractivity contribution in [3.8, 4) is 28.6 Å². The minimum absolute atomic E-state index is 0.105. The van der Waals surface area contributed by atoms with E-state index in [1.165, 1.54) is 20.3 Å². The predicted molar refractivity (Wildman–Crippen MR) is 79.4 cm³/mol. The molecule has 0 aliphatic heterocycles. The fourth-order valence-corrected chi connectivity index (χ4v) is 2.06. The Morgan fingerprint density at radius 1 is 1.13 bits per heavy atom. The van der Waals surface area contributed by atoms with Gasteiger partial charge in [0.15, 0.2) is 5.82 Å². The zero-order valence-electron chi connectivity index (χ0n) is 11.9. The summed E-state index contributed by atoms with van der Waals surface area (Å²) in [5, 5.41) is 0. The number of nitrogen functional groups attached to an aromatic ring is 1. The third-order valence-corrected chi connectivity index (χ3v) is 3.28. The summed E-state index contributed by atoms with van der Waals surface area (Å²) in [5.74, 6) is -0.0920. The fraction of sp³-hybridized carbons (Fsp3) is 0.231. The lowest BCUT2D eigenvalue weighted by molar-refractivity contribution is -0.274. The summed E-state index contributed by atoms with van der Waals surface area (Å²) >= 11 is 3.14. The van der Waals surface area contributed by atoms with Crippen molar-refractivity contribution in [1.82, 2.24) is 9.97 Å². The summed E-state index contributed by atoms with van der Waals surface area (Å²) in [6, 6.07) is 3.58. The highest BCUT2D eigenvalue weighted by molar-refractivity contribution is 9.10. The fourth-order valence-electron chi connectivity index (χ4n) is 1.79. The zero-order chi connectivity index (χ0) is 17.2. The monoisotopic (exact) mass is 393 g/mol. The Morgan fingerprint density at radius 2 is 1.83 bits per heavy atom. The maximum Gasteiger partial charge on any atom is 0.573 e. The van der Waals surface area contributed by atoms with Gasteiger partial charge >= 0.3 is 6.36 Å². The molecule has 0 amide bonds. The topological polar surface area (TPSA) is 79.5 Å². The van der Waals surface area contributed by atoms with Crippen molar-refractivity contribution in [1.29, 1.82) is 0 Å². The van der Waals surface area contributed by atoms with Gasteiger partial charge in [-0.3, -0.25) is 0 Å². The molecule has 124 valence electrons. The van der Waals surface area contributed by atoms with E-state index in [-0.39, 0.29) is 27.7 Å². The lowest BCUT2D eigenvalue weighted by Gasteiger charge is -2.14. The summed E-state index contributed by atoms with van der Waals surface area (Å²) in [7, 11) is 2.68. The summed E-state index contributed by atoms with van der Waals surface area (Å²) < 4.78 is 51.2. The van der Waals surface area contributed by atoms with Gasteiger partial charge in [0.1, 0.15) is 21.8 Å². The smallest absolute Gasteiger partial charge is 0.496 e. The quantitative estimate of drug-likeness (QED) is 0.857. The van der Waals surface area contributed by atoms with Crippen LogP contribution in [0.4, 0.5) is 19.0 Å². The van der Waals surface area contributed by atoms with Crippen molar-refractivity contribution in [2.45, 2.75) is 6.36 Å². The van der Waals surface area contributed by atoms with Crippen molar-refractivity contribution < 1.29 is 27.4 Å².